The highest BCUT2D eigenvalue weighted by molar-refractivity contribution is 5.69. The maximum Gasteiger partial charge on any atom is 0.306 e. The van der Waals surface area contributed by atoms with Gasteiger partial charge in [-0.25, -0.2) is 0 Å². The number of hydrogen-bond donors (Lipinski definition) is 7. The highest BCUT2D eigenvalue weighted by atomic mass is 16.7. The minimum atomic E-state index is -1.76. The lowest BCUT2D eigenvalue weighted by molar-refractivity contribution is -0.360. The Kier molecular flexibility index (Phi) is 36.0. The average Bonchev–Trinajstić information content (AvgIpc) is 3.95. The molecule has 16 nitrogen and oxygen atoms in total. The second kappa shape index (κ2) is 41.0. The highest BCUT2D eigenvalue weighted by Gasteiger charge is 2.50. The number of hydrogen-bond acceptors (Lipinski definition) is 15. The van der Waals surface area contributed by atoms with E-state index in [-0.39, 0.29) is 19.2 Å². The van der Waals surface area contributed by atoms with Crippen molar-refractivity contribution < 1.29 is 64.2 Å². The molecule has 0 saturated carbocycles. The molecule has 0 amide bonds. The van der Waals surface area contributed by atoms with Gasteiger partial charge in [-0.3, -0.25) is 9.48 Å². The first-order chi connectivity index (χ1) is 39.2. The maximum atomic E-state index is 12.4. The average molecular weight is 1150 g/mol. The van der Waals surface area contributed by atoms with Gasteiger partial charge in [0, 0.05) is 13.0 Å². The van der Waals surface area contributed by atoms with Crippen molar-refractivity contribution in [2.45, 2.75) is 272 Å². The largest absolute Gasteiger partial charge is 0.461 e. The number of nitrogens with zero attached hydrogens (tertiary/aromatic N) is 3. The van der Waals surface area contributed by atoms with Crippen LogP contribution in [0.2, 0.25) is 0 Å². The number of aliphatic hydroxyl groups is 7. The van der Waals surface area contributed by atoms with Crippen molar-refractivity contribution in [1.82, 2.24) is 15.0 Å². The van der Waals surface area contributed by atoms with Crippen LogP contribution in [0, 0.1) is 0 Å². The molecule has 464 valence electrons. The fourth-order valence-corrected chi connectivity index (χ4v) is 9.67. The molecule has 1 aromatic rings. The molecule has 2 aliphatic heterocycles. The van der Waals surface area contributed by atoms with Crippen molar-refractivity contribution in [1.29, 1.82) is 0 Å². The van der Waals surface area contributed by atoms with E-state index in [0.717, 1.165) is 109 Å². The fourth-order valence-electron chi connectivity index (χ4n) is 9.67. The number of aryl methyl sites for hydroxylation is 1. The van der Waals surface area contributed by atoms with Gasteiger partial charge in [0.25, 0.3) is 0 Å². The second-order valence-corrected chi connectivity index (χ2v) is 23.3. The third-order valence-electron chi connectivity index (χ3n) is 15.2. The number of carbonyl (C=O) groups is 1. The summed E-state index contributed by atoms with van der Waals surface area (Å²) in [5.74, 6) is -0.231. The van der Waals surface area contributed by atoms with E-state index in [1.54, 1.807) is 10.9 Å². The Morgan fingerprint density at radius 1 is 0.500 bits per heavy atom. The lowest BCUT2D eigenvalue weighted by Gasteiger charge is -2.45. The van der Waals surface area contributed by atoms with E-state index in [0.29, 0.717) is 25.1 Å². The van der Waals surface area contributed by atoms with E-state index < -0.39 is 74.6 Å². The van der Waals surface area contributed by atoms with Crippen LogP contribution in [0.1, 0.15) is 203 Å². The van der Waals surface area contributed by atoms with Crippen LogP contribution in [0.5, 0.6) is 0 Å². The molecule has 0 bridgehead atoms. The second-order valence-electron chi connectivity index (χ2n) is 23.3. The lowest BCUT2D eigenvalue weighted by Crippen LogP contribution is -2.64. The van der Waals surface area contributed by atoms with Crippen LogP contribution in [0.3, 0.4) is 0 Å². The van der Waals surface area contributed by atoms with Crippen LogP contribution in [0.15, 0.2) is 111 Å². The number of ether oxygens (including phenoxy) is 5. The van der Waals surface area contributed by atoms with E-state index in [1.165, 1.54) is 56.6 Å². The summed E-state index contributed by atoms with van der Waals surface area (Å²) >= 11 is 0. The predicted octanol–water partition coefficient (Wildman–Crippen LogP) is 11.3. The Morgan fingerprint density at radius 2 is 0.915 bits per heavy atom. The number of rotatable bonds is 39. The van der Waals surface area contributed by atoms with Crippen molar-refractivity contribution >= 4 is 5.97 Å². The molecular formula is C66H107N3O13. The molecular weight excluding hydrogens is 1040 g/mol. The van der Waals surface area contributed by atoms with Gasteiger partial charge in [0.15, 0.2) is 12.6 Å². The minimum absolute atomic E-state index is 0.147. The summed E-state index contributed by atoms with van der Waals surface area (Å²) in [7, 11) is 0. The van der Waals surface area contributed by atoms with Gasteiger partial charge in [0.1, 0.15) is 61.1 Å². The molecule has 2 aliphatic rings. The normalized spacial score (nSPS) is 24.8. The molecule has 2 fully saturated rings. The molecule has 3 rings (SSSR count). The van der Waals surface area contributed by atoms with Crippen LogP contribution >= 0.6 is 0 Å². The third kappa shape index (κ3) is 29.6. The number of carbonyl (C=O) groups excluding carboxylic acids is 1. The van der Waals surface area contributed by atoms with E-state index in [2.05, 4.69) is 128 Å². The smallest absolute Gasteiger partial charge is 0.306 e. The number of aromatic nitrogens is 3. The van der Waals surface area contributed by atoms with Crippen LogP contribution in [-0.4, -0.2) is 138 Å². The zero-order valence-electron chi connectivity index (χ0n) is 51.6. The minimum Gasteiger partial charge on any atom is -0.461 e. The topological polar surface area (TPSA) is 236 Å². The van der Waals surface area contributed by atoms with Gasteiger partial charge < -0.3 is 59.4 Å². The summed E-state index contributed by atoms with van der Waals surface area (Å²) in [5, 5.41) is 79.7. The van der Waals surface area contributed by atoms with Gasteiger partial charge in [-0.05, 0) is 191 Å². The summed E-state index contributed by atoms with van der Waals surface area (Å²) in [4.78, 5) is 12.4. The summed E-state index contributed by atoms with van der Waals surface area (Å²) < 4.78 is 29.4. The number of esters is 1. The van der Waals surface area contributed by atoms with E-state index in [1.807, 2.05) is 6.08 Å². The van der Waals surface area contributed by atoms with E-state index in [9.17, 15) is 40.5 Å². The first kappa shape index (κ1) is 72.1. The zero-order valence-corrected chi connectivity index (χ0v) is 51.6. The number of allylic oxidation sites excluding steroid dienone is 17. The molecule has 1 aromatic heterocycles. The Balaban J connectivity index is 1.20. The Morgan fingerprint density at radius 3 is 1.35 bits per heavy atom. The summed E-state index contributed by atoms with van der Waals surface area (Å²) in [6.45, 7) is 21.5. The van der Waals surface area contributed by atoms with Gasteiger partial charge in [-0.2, -0.15) is 0 Å². The molecule has 0 radical (unpaired) electrons. The molecule has 2 saturated heterocycles. The van der Waals surface area contributed by atoms with Crippen molar-refractivity contribution in [3.8, 4) is 0 Å². The first-order valence-electron chi connectivity index (χ1n) is 30.3. The third-order valence-corrected chi connectivity index (χ3v) is 15.2. The standard InChI is InChI=1S/C66H107N3O13/c1-46(2)22-14-23-47(3)24-15-25-48(4)26-16-27-49(5)28-17-29-50(6)30-18-31-51(7)32-19-33-52(8)34-20-35-53(9)36-21-37-54(10)39-41-78-58(72)38-12-11-13-40-69-42-55(67-68-69)45-79-65-63(77)61(75)64(57(44-71)81-65)82-66-62(76)60(74)59(73)56(43-70)80-66/h22,24,26,28,30,32,34,36,39,42,56-57,59-66,70-71,73-77H,11-21,23,25,27,29,31,33,35,37-38,40-41,43-45H2,1-10H3/b47-24+,48-26+,49-28+,50-30+,51-32+,52-34+,53-36+,54-39+/t56-,57-,59-,60+,61-,62-,63-,64-,65-,66-/m1/s1. The Labute approximate surface area is 492 Å². The molecule has 0 spiro atoms. The predicted molar refractivity (Wildman–Crippen MR) is 324 cm³/mol. The summed E-state index contributed by atoms with van der Waals surface area (Å²) in [5.41, 5.74) is 13.4. The number of unbranched alkanes of at least 4 members (excludes halogenated alkanes) is 2. The van der Waals surface area contributed by atoms with Gasteiger partial charge in [0.2, 0.25) is 0 Å². The van der Waals surface area contributed by atoms with Crippen molar-refractivity contribution in [2.75, 3.05) is 19.8 Å². The van der Waals surface area contributed by atoms with Crippen molar-refractivity contribution in [2.24, 2.45) is 0 Å². The Bertz CT molecular complexity index is 2280. The van der Waals surface area contributed by atoms with Crippen LogP contribution < -0.4 is 0 Å². The zero-order chi connectivity index (χ0) is 60.4. The molecule has 10 atom stereocenters. The van der Waals surface area contributed by atoms with Crippen LogP contribution in [0.25, 0.3) is 0 Å². The molecule has 82 heavy (non-hydrogen) atoms. The van der Waals surface area contributed by atoms with Crippen LogP contribution in [-0.2, 0) is 41.6 Å². The van der Waals surface area contributed by atoms with Gasteiger partial charge in [-0.1, -0.05) is 110 Å². The van der Waals surface area contributed by atoms with Crippen molar-refractivity contribution in [3.05, 3.63) is 117 Å². The SMILES string of the molecule is CC(C)=CCC/C(C)=C/CC/C(C)=C/CC/C(C)=C/CC/C(C)=C/CC/C(C)=C/CC/C(C)=C/CC/C(C)=C/CC/C(C)=C/COC(=O)CCCCCn1cc(CO[C@@H]2O[C@H](CO)[C@@H](O[C@H]3O[C@H](CO)[C@@H](O)[C@H](O)[C@H]3O)[C@H](O)[C@H]2O)nn1. The molecule has 0 aliphatic carbocycles. The maximum absolute atomic E-state index is 12.4. The van der Waals surface area contributed by atoms with Gasteiger partial charge in [-0.15, -0.1) is 5.10 Å². The molecule has 3 heterocycles. The fraction of sp³-hybridized carbons (Fsp3) is 0.682. The quantitative estimate of drug-likeness (QED) is 0.0184. The summed E-state index contributed by atoms with van der Waals surface area (Å²) in [6, 6.07) is 0. The first-order valence-corrected chi connectivity index (χ1v) is 30.3. The number of aliphatic hydroxyl groups excluding tert-OH is 7. The van der Waals surface area contributed by atoms with Gasteiger partial charge >= 0.3 is 5.97 Å². The monoisotopic (exact) mass is 1150 g/mol. The van der Waals surface area contributed by atoms with E-state index in [4.69, 9.17) is 23.7 Å². The molecule has 0 aromatic carbocycles. The molecule has 0 unspecified atom stereocenters. The molecule has 7 N–H and O–H groups in total. The van der Waals surface area contributed by atoms with E-state index >= 15 is 0 Å². The summed E-state index contributed by atoms with van der Waals surface area (Å²) in [6.07, 6.45) is 27.5. The van der Waals surface area contributed by atoms with Crippen molar-refractivity contribution in [3.63, 3.8) is 0 Å². The van der Waals surface area contributed by atoms with Crippen LogP contribution in [0.4, 0.5) is 0 Å². The lowest BCUT2D eigenvalue weighted by atomic mass is 9.97. The highest BCUT2D eigenvalue weighted by Crippen LogP contribution is 2.30. The van der Waals surface area contributed by atoms with Gasteiger partial charge in [0.05, 0.1) is 26.0 Å². The Hall–Kier alpha value is -4.17. The molecule has 16 heteroatoms.